The topological polar surface area (TPSA) is 61.8 Å². The summed E-state index contributed by atoms with van der Waals surface area (Å²) in [5.74, 6) is -0.685. The van der Waals surface area contributed by atoms with Gasteiger partial charge in [0.25, 0.3) is 0 Å². The molecule has 1 saturated heterocycles. The molecule has 1 unspecified atom stereocenters. The smallest absolute Gasteiger partial charge is 0.323 e. The van der Waals surface area contributed by atoms with Gasteiger partial charge in [0.05, 0.1) is 13.2 Å². The van der Waals surface area contributed by atoms with Gasteiger partial charge in [-0.05, 0) is 39.0 Å². The fourth-order valence-electron chi connectivity index (χ4n) is 2.76. The molecule has 0 saturated carbocycles. The van der Waals surface area contributed by atoms with Gasteiger partial charge in [-0.2, -0.15) is 0 Å². The van der Waals surface area contributed by atoms with Gasteiger partial charge in [0.1, 0.15) is 0 Å². The molecule has 0 aromatic heterocycles. The second-order valence-electron chi connectivity index (χ2n) is 5.21. The monoisotopic (exact) mass is 286 g/mol. The molecule has 1 fully saturated rings. The Labute approximate surface area is 121 Å². The summed E-state index contributed by atoms with van der Waals surface area (Å²) in [7, 11) is 0. The van der Waals surface area contributed by atoms with Crippen LogP contribution in [0.2, 0.25) is 0 Å². The Hall–Kier alpha value is -1.10. The van der Waals surface area contributed by atoms with E-state index >= 15 is 0 Å². The molecule has 20 heavy (non-hydrogen) atoms. The third-order valence-electron chi connectivity index (χ3n) is 3.67. The Bertz CT molecular complexity index is 302. The van der Waals surface area contributed by atoms with Crippen LogP contribution >= 0.6 is 0 Å². The van der Waals surface area contributed by atoms with Crippen molar-refractivity contribution in [3.8, 4) is 0 Å². The fraction of sp³-hybridized carbons (Fsp3) is 0.867. The van der Waals surface area contributed by atoms with E-state index in [1.54, 1.807) is 13.8 Å². The highest BCUT2D eigenvalue weighted by atomic mass is 16.6. The molecule has 1 aliphatic rings. The highest BCUT2D eigenvalue weighted by molar-refractivity contribution is 6.00. The molecule has 1 aliphatic heterocycles. The van der Waals surface area contributed by atoms with Crippen LogP contribution < -0.4 is 0 Å². The van der Waals surface area contributed by atoms with Gasteiger partial charge in [-0.3, -0.25) is 9.59 Å². The standard InChI is InChI=1S/C15H26O5/c1-4-8-15(13(16)19-5-2,14(17)20-6-3)10-12-7-9-18-11-12/h12H,4-11H2,1-3H3. The molecule has 5 nitrogen and oxygen atoms in total. The summed E-state index contributed by atoms with van der Waals surface area (Å²) in [6.45, 7) is 7.29. The molecule has 0 amide bonds. The quantitative estimate of drug-likeness (QED) is 0.506. The molecular formula is C15H26O5. The second-order valence-corrected chi connectivity index (χ2v) is 5.21. The van der Waals surface area contributed by atoms with E-state index in [0.717, 1.165) is 12.8 Å². The molecule has 0 aromatic carbocycles. The number of hydrogen-bond donors (Lipinski definition) is 0. The Morgan fingerprint density at radius 3 is 2.15 bits per heavy atom. The van der Waals surface area contributed by atoms with Crippen LogP contribution in [-0.2, 0) is 23.8 Å². The van der Waals surface area contributed by atoms with Crippen molar-refractivity contribution in [3.63, 3.8) is 0 Å². The number of carbonyl (C=O) groups is 2. The summed E-state index contributed by atoms with van der Waals surface area (Å²) in [6.07, 6.45) is 2.52. The molecule has 1 heterocycles. The molecule has 0 N–H and O–H groups in total. The molecule has 0 aromatic rings. The van der Waals surface area contributed by atoms with E-state index in [2.05, 4.69) is 0 Å². The van der Waals surface area contributed by atoms with Crippen LogP contribution in [0.3, 0.4) is 0 Å². The predicted molar refractivity (Wildman–Crippen MR) is 74.2 cm³/mol. The molecule has 5 heteroatoms. The van der Waals surface area contributed by atoms with Crippen LogP contribution in [0.5, 0.6) is 0 Å². The van der Waals surface area contributed by atoms with E-state index in [1.165, 1.54) is 0 Å². The molecule has 0 aliphatic carbocycles. The highest BCUT2D eigenvalue weighted by Gasteiger charge is 2.49. The maximum Gasteiger partial charge on any atom is 0.323 e. The summed E-state index contributed by atoms with van der Waals surface area (Å²) in [5.41, 5.74) is -1.17. The summed E-state index contributed by atoms with van der Waals surface area (Å²) in [4.78, 5) is 24.8. The molecule has 116 valence electrons. The fourth-order valence-corrected chi connectivity index (χ4v) is 2.76. The van der Waals surface area contributed by atoms with Gasteiger partial charge in [-0.15, -0.1) is 0 Å². The Kier molecular flexibility index (Phi) is 6.99. The van der Waals surface area contributed by atoms with Gasteiger partial charge in [0.15, 0.2) is 5.41 Å². The Morgan fingerprint density at radius 1 is 1.15 bits per heavy atom. The van der Waals surface area contributed by atoms with Gasteiger partial charge >= 0.3 is 11.9 Å². The van der Waals surface area contributed by atoms with Crippen LogP contribution in [-0.4, -0.2) is 38.4 Å². The molecule has 0 spiro atoms. The first-order chi connectivity index (χ1) is 9.60. The summed E-state index contributed by atoms with van der Waals surface area (Å²) in [6, 6.07) is 0. The normalized spacial score (nSPS) is 18.9. The lowest BCUT2D eigenvalue weighted by Gasteiger charge is -2.30. The van der Waals surface area contributed by atoms with E-state index in [1.807, 2.05) is 6.92 Å². The van der Waals surface area contributed by atoms with E-state index in [4.69, 9.17) is 14.2 Å². The number of ether oxygens (including phenoxy) is 3. The third kappa shape index (κ3) is 3.95. The lowest BCUT2D eigenvalue weighted by atomic mass is 9.75. The van der Waals surface area contributed by atoms with E-state index < -0.39 is 17.4 Å². The number of hydrogen-bond acceptors (Lipinski definition) is 5. The molecule has 1 atom stereocenters. The van der Waals surface area contributed by atoms with Crippen molar-refractivity contribution in [2.75, 3.05) is 26.4 Å². The molecule has 0 radical (unpaired) electrons. The van der Waals surface area contributed by atoms with Crippen LogP contribution in [0.1, 0.15) is 46.5 Å². The summed E-state index contributed by atoms with van der Waals surface area (Å²) >= 11 is 0. The lowest BCUT2D eigenvalue weighted by Crippen LogP contribution is -2.43. The van der Waals surface area contributed by atoms with Crippen LogP contribution in [0.15, 0.2) is 0 Å². The van der Waals surface area contributed by atoms with Gasteiger partial charge in [-0.25, -0.2) is 0 Å². The Morgan fingerprint density at radius 2 is 1.75 bits per heavy atom. The minimum Gasteiger partial charge on any atom is -0.465 e. The van der Waals surface area contributed by atoms with Crippen molar-refractivity contribution in [1.29, 1.82) is 0 Å². The molecule has 0 bridgehead atoms. The zero-order valence-electron chi connectivity index (χ0n) is 12.8. The largest absolute Gasteiger partial charge is 0.465 e. The number of carbonyl (C=O) groups excluding carboxylic acids is 2. The minimum atomic E-state index is -1.17. The van der Waals surface area contributed by atoms with E-state index in [-0.39, 0.29) is 19.1 Å². The third-order valence-corrected chi connectivity index (χ3v) is 3.67. The second kappa shape index (κ2) is 8.25. The minimum absolute atomic E-state index is 0.218. The Balaban J connectivity index is 2.96. The van der Waals surface area contributed by atoms with E-state index in [9.17, 15) is 9.59 Å². The molecular weight excluding hydrogens is 260 g/mol. The average Bonchev–Trinajstić information content (AvgIpc) is 2.91. The number of esters is 2. The van der Waals surface area contributed by atoms with Gasteiger partial charge in [0, 0.05) is 13.2 Å². The van der Waals surface area contributed by atoms with Crippen molar-refractivity contribution >= 4 is 11.9 Å². The van der Waals surface area contributed by atoms with Crippen molar-refractivity contribution in [3.05, 3.63) is 0 Å². The van der Waals surface area contributed by atoms with Gasteiger partial charge < -0.3 is 14.2 Å². The van der Waals surface area contributed by atoms with Crippen molar-refractivity contribution in [2.24, 2.45) is 11.3 Å². The van der Waals surface area contributed by atoms with Crippen molar-refractivity contribution in [1.82, 2.24) is 0 Å². The summed E-state index contributed by atoms with van der Waals surface area (Å²) < 4.78 is 15.7. The number of rotatable bonds is 8. The first-order valence-corrected chi connectivity index (χ1v) is 7.52. The van der Waals surface area contributed by atoms with Gasteiger partial charge in [-0.1, -0.05) is 13.3 Å². The first kappa shape index (κ1) is 17.0. The molecule has 1 rings (SSSR count). The first-order valence-electron chi connectivity index (χ1n) is 7.52. The lowest BCUT2D eigenvalue weighted by molar-refractivity contribution is -0.174. The zero-order chi connectivity index (χ0) is 15.0. The predicted octanol–water partition coefficient (Wildman–Crippen LogP) is 2.33. The average molecular weight is 286 g/mol. The van der Waals surface area contributed by atoms with Crippen molar-refractivity contribution in [2.45, 2.75) is 46.5 Å². The van der Waals surface area contributed by atoms with Crippen LogP contribution in [0, 0.1) is 11.3 Å². The zero-order valence-corrected chi connectivity index (χ0v) is 12.8. The summed E-state index contributed by atoms with van der Waals surface area (Å²) in [5, 5.41) is 0. The maximum absolute atomic E-state index is 12.4. The SMILES string of the molecule is CCCC(CC1CCOC1)(C(=O)OCC)C(=O)OCC. The van der Waals surface area contributed by atoms with Crippen molar-refractivity contribution < 1.29 is 23.8 Å². The highest BCUT2D eigenvalue weighted by Crippen LogP contribution is 2.37. The van der Waals surface area contributed by atoms with E-state index in [0.29, 0.717) is 26.1 Å². The maximum atomic E-state index is 12.4. The van der Waals surface area contributed by atoms with Crippen LogP contribution in [0.4, 0.5) is 0 Å². The van der Waals surface area contributed by atoms with Crippen LogP contribution in [0.25, 0.3) is 0 Å². The van der Waals surface area contributed by atoms with Gasteiger partial charge in [0.2, 0.25) is 0 Å².